The Bertz CT molecular complexity index is 573. The summed E-state index contributed by atoms with van der Waals surface area (Å²) in [5.74, 6) is 0. The molecule has 0 N–H and O–H groups in total. The summed E-state index contributed by atoms with van der Waals surface area (Å²) in [4.78, 5) is 3.76. The molecule has 92 valence electrons. The molecule has 2 aromatic rings. The van der Waals surface area contributed by atoms with E-state index in [1.807, 2.05) is 0 Å². The van der Waals surface area contributed by atoms with Crippen molar-refractivity contribution in [2.45, 2.75) is 6.18 Å². The Morgan fingerprint density at radius 1 is 0.889 bits per heavy atom. The highest BCUT2D eigenvalue weighted by molar-refractivity contribution is 5.68. The Morgan fingerprint density at radius 3 is 2.11 bits per heavy atom. The van der Waals surface area contributed by atoms with Crippen LogP contribution in [0.4, 0.5) is 18.9 Å². The first kappa shape index (κ1) is 12.4. The number of hydrogen-bond acceptors (Lipinski definition) is 1. The normalized spacial score (nSPS) is 11.3. The average Bonchev–Trinajstić information content (AvgIpc) is 2.38. The van der Waals surface area contributed by atoms with E-state index in [1.165, 1.54) is 6.07 Å². The number of hydrogen-bond donors (Lipinski definition) is 0. The molecule has 0 spiro atoms. The van der Waals surface area contributed by atoms with E-state index < -0.39 is 11.7 Å². The molecular weight excluding hydrogens is 239 g/mol. The molecule has 0 heterocycles. The number of alkyl halides is 3. The molecular formula is C14H10F3N. The first-order chi connectivity index (χ1) is 8.50. The van der Waals surface area contributed by atoms with Gasteiger partial charge in [-0.3, -0.25) is 4.99 Å². The zero-order valence-corrected chi connectivity index (χ0v) is 9.41. The number of aliphatic imine (C=N–C) groups is 1. The number of benzene rings is 2. The lowest BCUT2D eigenvalue weighted by atomic mass is 10.0. The molecule has 2 aromatic carbocycles. The molecule has 0 atom stereocenters. The summed E-state index contributed by atoms with van der Waals surface area (Å²) in [6.45, 7) is 3.39. The molecule has 4 heteroatoms. The molecule has 0 amide bonds. The standard InChI is InChI=1S/C14H10F3N/c1-18-13-7-3-5-11(9-13)10-4-2-6-12(8-10)14(15,16)17/h2-9H,1H2. The smallest absolute Gasteiger partial charge is 0.265 e. The number of nitrogens with zero attached hydrogens (tertiary/aromatic N) is 1. The highest BCUT2D eigenvalue weighted by Crippen LogP contribution is 2.32. The van der Waals surface area contributed by atoms with Gasteiger partial charge >= 0.3 is 6.18 Å². The lowest BCUT2D eigenvalue weighted by Crippen LogP contribution is -2.04. The summed E-state index contributed by atoms with van der Waals surface area (Å²) >= 11 is 0. The van der Waals surface area contributed by atoms with Gasteiger partial charge in [-0.1, -0.05) is 24.3 Å². The minimum atomic E-state index is -4.33. The SMILES string of the molecule is C=Nc1cccc(-c2cccc(C(F)(F)F)c2)c1. The predicted octanol–water partition coefficient (Wildman–Crippen LogP) is 4.70. The van der Waals surface area contributed by atoms with Gasteiger partial charge in [0, 0.05) is 0 Å². The number of rotatable bonds is 2. The zero-order valence-electron chi connectivity index (χ0n) is 9.41. The second-order valence-corrected chi connectivity index (χ2v) is 3.79. The van der Waals surface area contributed by atoms with Crippen LogP contribution in [0, 0.1) is 0 Å². The molecule has 0 fully saturated rings. The minimum Gasteiger partial charge on any atom is -0.265 e. The lowest BCUT2D eigenvalue weighted by Gasteiger charge is -2.09. The van der Waals surface area contributed by atoms with Gasteiger partial charge in [0.05, 0.1) is 11.3 Å². The summed E-state index contributed by atoms with van der Waals surface area (Å²) in [7, 11) is 0. The van der Waals surface area contributed by atoms with Crippen molar-refractivity contribution in [2.24, 2.45) is 4.99 Å². The summed E-state index contributed by atoms with van der Waals surface area (Å²) in [5, 5.41) is 0. The topological polar surface area (TPSA) is 12.4 Å². The van der Waals surface area contributed by atoms with Crippen LogP contribution >= 0.6 is 0 Å². The Hall–Kier alpha value is -2.10. The van der Waals surface area contributed by atoms with E-state index in [0.29, 0.717) is 16.8 Å². The van der Waals surface area contributed by atoms with E-state index in [0.717, 1.165) is 12.1 Å². The third-order valence-corrected chi connectivity index (χ3v) is 2.55. The van der Waals surface area contributed by atoms with Crippen molar-refractivity contribution in [3.05, 3.63) is 54.1 Å². The molecule has 0 radical (unpaired) electrons. The summed E-state index contributed by atoms with van der Waals surface area (Å²) in [5.41, 5.74) is 1.17. The number of halogens is 3. The summed E-state index contributed by atoms with van der Waals surface area (Å²) < 4.78 is 37.8. The third-order valence-electron chi connectivity index (χ3n) is 2.55. The van der Waals surface area contributed by atoms with Gasteiger partial charge in [-0.25, -0.2) is 0 Å². The fourth-order valence-corrected chi connectivity index (χ4v) is 1.66. The quantitative estimate of drug-likeness (QED) is 0.684. The van der Waals surface area contributed by atoms with Crippen molar-refractivity contribution in [3.63, 3.8) is 0 Å². The van der Waals surface area contributed by atoms with Crippen LogP contribution in [0.25, 0.3) is 11.1 Å². The van der Waals surface area contributed by atoms with Crippen LogP contribution in [0.1, 0.15) is 5.56 Å². The maximum atomic E-state index is 12.6. The molecule has 2 rings (SSSR count). The Labute approximate surface area is 103 Å². The van der Waals surface area contributed by atoms with Crippen LogP contribution in [-0.2, 0) is 6.18 Å². The van der Waals surface area contributed by atoms with Crippen molar-refractivity contribution in [3.8, 4) is 11.1 Å². The Balaban J connectivity index is 2.47. The summed E-state index contributed by atoms with van der Waals surface area (Å²) in [6.07, 6.45) is -4.33. The molecule has 0 aromatic heterocycles. The zero-order chi connectivity index (χ0) is 13.2. The summed E-state index contributed by atoms with van der Waals surface area (Å²) in [6, 6.07) is 12.1. The molecule has 0 bridgehead atoms. The highest BCUT2D eigenvalue weighted by Gasteiger charge is 2.30. The van der Waals surface area contributed by atoms with Gasteiger partial charge in [0.25, 0.3) is 0 Å². The van der Waals surface area contributed by atoms with Crippen molar-refractivity contribution in [1.29, 1.82) is 0 Å². The highest BCUT2D eigenvalue weighted by atomic mass is 19.4. The van der Waals surface area contributed by atoms with Gasteiger partial charge in [0.2, 0.25) is 0 Å². The van der Waals surface area contributed by atoms with E-state index in [9.17, 15) is 13.2 Å². The van der Waals surface area contributed by atoms with Crippen molar-refractivity contribution >= 4 is 12.4 Å². The predicted molar refractivity (Wildman–Crippen MR) is 66.1 cm³/mol. The fourth-order valence-electron chi connectivity index (χ4n) is 1.66. The molecule has 0 saturated heterocycles. The van der Waals surface area contributed by atoms with Crippen LogP contribution < -0.4 is 0 Å². The van der Waals surface area contributed by atoms with E-state index >= 15 is 0 Å². The van der Waals surface area contributed by atoms with E-state index in [-0.39, 0.29) is 0 Å². The van der Waals surface area contributed by atoms with Crippen LogP contribution in [0.15, 0.2) is 53.5 Å². The molecule has 0 aliphatic heterocycles. The van der Waals surface area contributed by atoms with Gasteiger partial charge < -0.3 is 0 Å². The third kappa shape index (κ3) is 2.59. The lowest BCUT2D eigenvalue weighted by molar-refractivity contribution is -0.137. The molecule has 1 nitrogen and oxygen atoms in total. The van der Waals surface area contributed by atoms with Crippen molar-refractivity contribution in [1.82, 2.24) is 0 Å². The molecule has 0 saturated carbocycles. The van der Waals surface area contributed by atoms with Crippen molar-refractivity contribution in [2.75, 3.05) is 0 Å². The first-order valence-corrected chi connectivity index (χ1v) is 5.25. The van der Waals surface area contributed by atoms with Gasteiger partial charge in [-0.2, -0.15) is 13.2 Å². The van der Waals surface area contributed by atoms with Gasteiger partial charge in [0.1, 0.15) is 0 Å². The van der Waals surface area contributed by atoms with Gasteiger partial charge in [-0.15, -0.1) is 0 Å². The van der Waals surface area contributed by atoms with Crippen molar-refractivity contribution < 1.29 is 13.2 Å². The van der Waals surface area contributed by atoms with E-state index in [2.05, 4.69) is 11.7 Å². The van der Waals surface area contributed by atoms with Gasteiger partial charge in [0.15, 0.2) is 0 Å². The monoisotopic (exact) mass is 249 g/mol. The average molecular weight is 249 g/mol. The minimum absolute atomic E-state index is 0.510. The maximum Gasteiger partial charge on any atom is 0.416 e. The Kier molecular flexibility index (Phi) is 3.19. The van der Waals surface area contributed by atoms with Crippen LogP contribution in [-0.4, -0.2) is 6.72 Å². The first-order valence-electron chi connectivity index (χ1n) is 5.25. The molecule has 0 unspecified atom stereocenters. The largest absolute Gasteiger partial charge is 0.416 e. The Morgan fingerprint density at radius 2 is 1.50 bits per heavy atom. The van der Waals surface area contributed by atoms with Crippen LogP contribution in [0.5, 0.6) is 0 Å². The molecule has 18 heavy (non-hydrogen) atoms. The molecule has 0 aliphatic carbocycles. The van der Waals surface area contributed by atoms with E-state index in [1.54, 1.807) is 30.3 Å². The van der Waals surface area contributed by atoms with Crippen LogP contribution in [0.2, 0.25) is 0 Å². The van der Waals surface area contributed by atoms with Crippen LogP contribution in [0.3, 0.4) is 0 Å². The maximum absolute atomic E-state index is 12.6. The van der Waals surface area contributed by atoms with E-state index in [4.69, 9.17) is 0 Å². The fraction of sp³-hybridized carbons (Fsp3) is 0.0714. The second kappa shape index (κ2) is 4.64. The molecule has 0 aliphatic rings. The second-order valence-electron chi connectivity index (χ2n) is 3.79. The van der Waals surface area contributed by atoms with Gasteiger partial charge in [-0.05, 0) is 42.1 Å².